The highest BCUT2D eigenvalue weighted by molar-refractivity contribution is 5.84. The highest BCUT2D eigenvalue weighted by Crippen LogP contribution is 2.25. The molecule has 0 radical (unpaired) electrons. The first-order valence-corrected chi connectivity index (χ1v) is 6.75. The number of carboxylic acids is 1. The van der Waals surface area contributed by atoms with E-state index in [1.54, 1.807) is 13.0 Å². The topological polar surface area (TPSA) is 119 Å². The average Bonchev–Trinajstić information content (AvgIpc) is 2.49. The number of nitrogens with zero attached hydrogens (tertiary/aromatic N) is 1. The van der Waals surface area contributed by atoms with Crippen LogP contribution in [0.4, 0.5) is 5.69 Å². The average molecular weight is 310 g/mol. The molecular weight excluding hydrogens is 292 g/mol. The van der Waals surface area contributed by atoms with Crippen molar-refractivity contribution >= 4 is 17.6 Å². The molecule has 1 amide bonds. The maximum atomic E-state index is 11.8. The zero-order valence-corrected chi connectivity index (χ0v) is 12.3. The lowest BCUT2D eigenvalue weighted by Crippen LogP contribution is -2.46. The van der Waals surface area contributed by atoms with Crippen LogP contribution in [0.15, 0.2) is 24.3 Å². The zero-order chi connectivity index (χ0) is 16.7. The molecular formula is C14H18N2O6. The first-order chi connectivity index (χ1) is 10.4. The molecule has 0 unspecified atom stereocenters. The van der Waals surface area contributed by atoms with E-state index in [2.05, 4.69) is 5.32 Å². The van der Waals surface area contributed by atoms with Crippen LogP contribution in [0.3, 0.4) is 0 Å². The molecule has 0 saturated heterocycles. The molecule has 0 bridgehead atoms. The Balaban J connectivity index is 2.67. The number of amides is 1. The van der Waals surface area contributed by atoms with Gasteiger partial charge in [-0.1, -0.05) is 32.4 Å². The molecule has 8 nitrogen and oxygen atoms in total. The van der Waals surface area contributed by atoms with Gasteiger partial charge in [-0.25, -0.2) is 4.79 Å². The summed E-state index contributed by atoms with van der Waals surface area (Å²) in [7, 11) is 0. The highest BCUT2D eigenvalue weighted by atomic mass is 16.6. The summed E-state index contributed by atoms with van der Waals surface area (Å²) in [5.74, 6) is -2.06. The van der Waals surface area contributed by atoms with E-state index >= 15 is 0 Å². The van der Waals surface area contributed by atoms with Gasteiger partial charge in [0.25, 0.3) is 5.91 Å². The number of aliphatic carboxylic acids is 1. The maximum absolute atomic E-state index is 11.8. The third kappa shape index (κ3) is 4.72. The molecule has 0 heterocycles. The summed E-state index contributed by atoms with van der Waals surface area (Å²) in [5, 5.41) is 22.2. The number of nitro benzene ring substituents is 1. The van der Waals surface area contributed by atoms with Crippen LogP contribution in [0.5, 0.6) is 5.75 Å². The van der Waals surface area contributed by atoms with E-state index in [0.717, 1.165) is 0 Å². The van der Waals surface area contributed by atoms with Gasteiger partial charge in [0.05, 0.1) is 4.92 Å². The summed E-state index contributed by atoms with van der Waals surface area (Å²) in [6, 6.07) is 4.63. The Labute approximate surface area is 127 Å². The SMILES string of the molecule is CC[C@H](C)[C@H](NC(=O)COc1ccccc1[N+](=O)[O-])C(=O)O. The van der Waals surface area contributed by atoms with Crippen LogP contribution in [0.2, 0.25) is 0 Å². The summed E-state index contributed by atoms with van der Waals surface area (Å²) in [6.45, 7) is 3.03. The van der Waals surface area contributed by atoms with Crippen molar-refractivity contribution in [2.75, 3.05) is 6.61 Å². The molecule has 0 aliphatic carbocycles. The fourth-order valence-electron chi connectivity index (χ4n) is 1.77. The quantitative estimate of drug-likeness (QED) is 0.556. The summed E-state index contributed by atoms with van der Waals surface area (Å²) in [4.78, 5) is 33.1. The number of carbonyl (C=O) groups is 2. The molecule has 0 aliphatic rings. The molecule has 2 atom stereocenters. The van der Waals surface area contributed by atoms with Crippen LogP contribution in [-0.4, -0.2) is 34.6 Å². The number of hydrogen-bond donors (Lipinski definition) is 2. The number of ether oxygens (including phenoxy) is 1. The van der Waals surface area contributed by atoms with Crippen molar-refractivity contribution in [1.29, 1.82) is 0 Å². The van der Waals surface area contributed by atoms with Crippen LogP contribution in [0.25, 0.3) is 0 Å². The van der Waals surface area contributed by atoms with Gasteiger partial charge in [-0.2, -0.15) is 0 Å². The largest absolute Gasteiger partial charge is 0.480 e. The van der Waals surface area contributed by atoms with Gasteiger partial charge in [-0.3, -0.25) is 14.9 Å². The molecule has 1 aromatic rings. The van der Waals surface area contributed by atoms with E-state index in [1.807, 2.05) is 6.92 Å². The fraction of sp³-hybridized carbons (Fsp3) is 0.429. The van der Waals surface area contributed by atoms with Crippen molar-refractivity contribution in [3.8, 4) is 5.75 Å². The minimum absolute atomic E-state index is 0.0435. The standard InChI is InChI=1S/C14H18N2O6/c1-3-9(2)13(14(18)19)15-12(17)8-22-11-7-5-4-6-10(11)16(20)21/h4-7,9,13H,3,8H2,1-2H3,(H,15,17)(H,18,19)/t9-,13-/m0/s1. The number of benzene rings is 1. The molecule has 2 N–H and O–H groups in total. The van der Waals surface area contributed by atoms with Crippen LogP contribution in [0, 0.1) is 16.0 Å². The third-order valence-corrected chi connectivity index (χ3v) is 3.22. The van der Waals surface area contributed by atoms with E-state index in [-0.39, 0.29) is 17.4 Å². The van der Waals surface area contributed by atoms with Gasteiger partial charge in [-0.05, 0) is 12.0 Å². The van der Waals surface area contributed by atoms with E-state index in [1.165, 1.54) is 18.2 Å². The summed E-state index contributed by atoms with van der Waals surface area (Å²) >= 11 is 0. The maximum Gasteiger partial charge on any atom is 0.326 e. The number of rotatable bonds is 8. The number of hydrogen-bond acceptors (Lipinski definition) is 5. The summed E-state index contributed by atoms with van der Waals surface area (Å²) in [6.07, 6.45) is 0.586. The lowest BCUT2D eigenvalue weighted by Gasteiger charge is -2.20. The van der Waals surface area contributed by atoms with Crippen molar-refractivity contribution in [1.82, 2.24) is 5.32 Å². The van der Waals surface area contributed by atoms with Crippen LogP contribution in [0.1, 0.15) is 20.3 Å². The van der Waals surface area contributed by atoms with Gasteiger partial charge in [0, 0.05) is 6.07 Å². The molecule has 8 heteroatoms. The van der Waals surface area contributed by atoms with E-state index in [9.17, 15) is 19.7 Å². The Hall–Kier alpha value is -2.64. The summed E-state index contributed by atoms with van der Waals surface area (Å²) < 4.78 is 5.11. The Morgan fingerprint density at radius 1 is 1.41 bits per heavy atom. The molecule has 0 spiro atoms. The van der Waals surface area contributed by atoms with Crippen molar-refractivity contribution in [2.24, 2.45) is 5.92 Å². The Morgan fingerprint density at radius 2 is 2.05 bits per heavy atom. The van der Waals surface area contributed by atoms with Crippen molar-refractivity contribution in [3.63, 3.8) is 0 Å². The number of para-hydroxylation sites is 2. The van der Waals surface area contributed by atoms with E-state index in [4.69, 9.17) is 9.84 Å². The molecule has 120 valence electrons. The number of nitro groups is 1. The Kier molecular flexibility index (Phi) is 6.30. The molecule has 0 saturated carbocycles. The second kappa shape index (κ2) is 7.96. The van der Waals surface area contributed by atoms with Gasteiger partial charge in [0.2, 0.25) is 0 Å². The molecule has 0 fully saturated rings. The van der Waals surface area contributed by atoms with Crippen LogP contribution in [-0.2, 0) is 9.59 Å². The normalized spacial score (nSPS) is 13.0. The van der Waals surface area contributed by atoms with Gasteiger partial charge in [-0.15, -0.1) is 0 Å². The lowest BCUT2D eigenvalue weighted by atomic mass is 9.99. The van der Waals surface area contributed by atoms with Gasteiger partial charge < -0.3 is 15.2 Å². The smallest absolute Gasteiger partial charge is 0.326 e. The van der Waals surface area contributed by atoms with Gasteiger partial charge >= 0.3 is 11.7 Å². The minimum Gasteiger partial charge on any atom is -0.480 e. The van der Waals surface area contributed by atoms with Crippen LogP contribution >= 0.6 is 0 Å². The first kappa shape index (κ1) is 17.4. The molecule has 0 aliphatic heterocycles. The van der Waals surface area contributed by atoms with Crippen LogP contribution < -0.4 is 10.1 Å². The molecule has 0 aromatic heterocycles. The van der Waals surface area contributed by atoms with Crippen molar-refractivity contribution in [2.45, 2.75) is 26.3 Å². The third-order valence-electron chi connectivity index (χ3n) is 3.22. The molecule has 22 heavy (non-hydrogen) atoms. The second-order valence-electron chi connectivity index (χ2n) is 4.78. The predicted octanol–water partition coefficient (Wildman–Crippen LogP) is 1.59. The molecule has 1 aromatic carbocycles. The van der Waals surface area contributed by atoms with Crippen molar-refractivity contribution < 1.29 is 24.4 Å². The van der Waals surface area contributed by atoms with Crippen molar-refractivity contribution in [3.05, 3.63) is 34.4 Å². The summed E-state index contributed by atoms with van der Waals surface area (Å²) in [5.41, 5.74) is -0.257. The Bertz CT molecular complexity index is 560. The number of carbonyl (C=O) groups excluding carboxylic acids is 1. The number of nitrogens with one attached hydrogen (secondary N) is 1. The lowest BCUT2D eigenvalue weighted by molar-refractivity contribution is -0.385. The predicted molar refractivity (Wildman–Crippen MR) is 77.6 cm³/mol. The van der Waals surface area contributed by atoms with Gasteiger partial charge in [0.1, 0.15) is 6.04 Å². The minimum atomic E-state index is -1.13. The first-order valence-electron chi connectivity index (χ1n) is 6.75. The Morgan fingerprint density at radius 3 is 2.59 bits per heavy atom. The highest BCUT2D eigenvalue weighted by Gasteiger charge is 2.25. The van der Waals surface area contributed by atoms with E-state index in [0.29, 0.717) is 6.42 Å². The fourth-order valence-corrected chi connectivity index (χ4v) is 1.77. The number of carboxylic acid groups (broad SMARTS) is 1. The zero-order valence-electron chi connectivity index (χ0n) is 12.3. The molecule has 1 rings (SSSR count). The monoisotopic (exact) mass is 310 g/mol. The second-order valence-corrected chi connectivity index (χ2v) is 4.78. The van der Waals surface area contributed by atoms with E-state index < -0.39 is 29.4 Å². The van der Waals surface area contributed by atoms with Gasteiger partial charge in [0.15, 0.2) is 12.4 Å².